The van der Waals surface area contributed by atoms with Gasteiger partial charge in [-0.1, -0.05) is 0 Å². The molecule has 0 spiro atoms. The molecule has 0 bridgehead atoms. The molecule has 2 heterocycles. The molecule has 8 heteroatoms. The van der Waals surface area contributed by atoms with Crippen molar-refractivity contribution in [1.82, 2.24) is 15.8 Å². The first-order valence-corrected chi connectivity index (χ1v) is 8.51. The number of nitrogens with one attached hydrogen (secondary N) is 2. The van der Waals surface area contributed by atoms with Gasteiger partial charge < -0.3 is 14.2 Å². The van der Waals surface area contributed by atoms with Gasteiger partial charge in [-0.2, -0.15) is 0 Å². The van der Waals surface area contributed by atoms with Crippen molar-refractivity contribution in [3.63, 3.8) is 0 Å². The zero-order valence-corrected chi connectivity index (χ0v) is 15.2. The second-order valence-electron chi connectivity index (χ2n) is 6.16. The van der Waals surface area contributed by atoms with Gasteiger partial charge in [-0.25, -0.2) is 0 Å². The Kier molecular flexibility index (Phi) is 4.44. The number of aromatic nitrogens is 1. The van der Waals surface area contributed by atoms with E-state index in [9.17, 15) is 9.59 Å². The Bertz CT molecular complexity index is 1100. The van der Waals surface area contributed by atoms with E-state index in [-0.39, 0.29) is 6.79 Å². The minimum absolute atomic E-state index is 0.121. The fraction of sp³-hybridized carbons (Fsp3) is 0.150. The molecule has 0 aliphatic carbocycles. The molecule has 142 valence electrons. The van der Waals surface area contributed by atoms with E-state index in [0.717, 1.165) is 10.9 Å². The molecule has 2 aromatic carbocycles. The minimum atomic E-state index is -0.472. The molecule has 8 nitrogen and oxygen atoms in total. The topological polar surface area (TPSA) is 98.8 Å². The number of fused-ring (bicyclic) bond motifs is 2. The lowest BCUT2D eigenvalue weighted by atomic mass is 10.1. The fourth-order valence-electron chi connectivity index (χ4n) is 2.90. The Morgan fingerprint density at radius 2 is 1.79 bits per heavy atom. The number of rotatable bonds is 3. The highest BCUT2D eigenvalue weighted by Gasteiger charge is 2.17. The van der Waals surface area contributed by atoms with Crippen LogP contribution in [0.5, 0.6) is 17.2 Å². The van der Waals surface area contributed by atoms with Crippen molar-refractivity contribution in [2.24, 2.45) is 0 Å². The van der Waals surface area contributed by atoms with Gasteiger partial charge in [0.05, 0.1) is 23.9 Å². The van der Waals surface area contributed by atoms with Crippen LogP contribution in [0.1, 0.15) is 26.4 Å². The third-order valence-corrected chi connectivity index (χ3v) is 4.38. The number of nitrogens with zero attached hydrogens (tertiary/aromatic N) is 1. The smallest absolute Gasteiger partial charge is 0.271 e. The van der Waals surface area contributed by atoms with E-state index in [4.69, 9.17) is 14.2 Å². The lowest BCUT2D eigenvalue weighted by Crippen LogP contribution is -2.41. The fourth-order valence-corrected chi connectivity index (χ4v) is 2.90. The summed E-state index contributed by atoms with van der Waals surface area (Å²) < 4.78 is 15.7. The zero-order chi connectivity index (χ0) is 19.7. The summed E-state index contributed by atoms with van der Waals surface area (Å²) in [4.78, 5) is 29.3. The van der Waals surface area contributed by atoms with Crippen molar-refractivity contribution in [3.05, 3.63) is 59.3 Å². The van der Waals surface area contributed by atoms with Crippen LogP contribution in [-0.4, -0.2) is 30.7 Å². The number of hydrogen-bond acceptors (Lipinski definition) is 6. The summed E-state index contributed by atoms with van der Waals surface area (Å²) in [5.41, 5.74) is 6.80. The lowest BCUT2D eigenvalue weighted by Gasteiger charge is -2.11. The van der Waals surface area contributed by atoms with Crippen LogP contribution in [0.2, 0.25) is 0 Å². The number of benzene rings is 2. The summed E-state index contributed by atoms with van der Waals surface area (Å²) in [6.45, 7) is 1.86. The van der Waals surface area contributed by atoms with E-state index in [2.05, 4.69) is 15.8 Å². The van der Waals surface area contributed by atoms with Crippen LogP contribution in [0.15, 0.2) is 42.5 Å². The van der Waals surface area contributed by atoms with Gasteiger partial charge in [-0.05, 0) is 49.4 Å². The predicted molar refractivity (Wildman–Crippen MR) is 101 cm³/mol. The molecule has 0 unspecified atom stereocenters. The summed E-state index contributed by atoms with van der Waals surface area (Å²) in [5, 5.41) is 0.761. The molecule has 1 aromatic heterocycles. The summed E-state index contributed by atoms with van der Waals surface area (Å²) in [6.07, 6.45) is 0. The quantitative estimate of drug-likeness (QED) is 0.678. The monoisotopic (exact) mass is 379 g/mol. The van der Waals surface area contributed by atoms with Gasteiger partial charge in [0.15, 0.2) is 11.5 Å². The van der Waals surface area contributed by atoms with Crippen LogP contribution in [-0.2, 0) is 0 Å². The van der Waals surface area contributed by atoms with Crippen LogP contribution >= 0.6 is 0 Å². The number of carbonyl (C=O) groups is 2. The number of hydrogen-bond donors (Lipinski definition) is 2. The minimum Gasteiger partial charge on any atom is -0.497 e. The Labute approximate surface area is 160 Å². The third kappa shape index (κ3) is 3.27. The number of ether oxygens (including phenoxy) is 3. The van der Waals surface area contributed by atoms with E-state index in [1.165, 1.54) is 0 Å². The average molecular weight is 379 g/mol. The molecule has 3 aromatic rings. The third-order valence-electron chi connectivity index (χ3n) is 4.38. The second kappa shape index (κ2) is 7.07. The summed E-state index contributed by atoms with van der Waals surface area (Å²) >= 11 is 0. The lowest BCUT2D eigenvalue weighted by molar-refractivity contribution is 0.0846. The van der Waals surface area contributed by atoms with E-state index >= 15 is 0 Å². The number of aryl methyl sites for hydroxylation is 1. The number of hydrazine groups is 1. The first-order valence-electron chi connectivity index (χ1n) is 8.51. The van der Waals surface area contributed by atoms with Crippen molar-refractivity contribution in [3.8, 4) is 17.2 Å². The molecule has 4 rings (SSSR count). The van der Waals surface area contributed by atoms with Crippen molar-refractivity contribution >= 4 is 22.7 Å². The highest BCUT2D eigenvalue weighted by Crippen LogP contribution is 2.32. The molecule has 1 aliphatic heterocycles. The van der Waals surface area contributed by atoms with Crippen LogP contribution in [0.25, 0.3) is 10.9 Å². The molecule has 2 N–H and O–H groups in total. The molecule has 28 heavy (non-hydrogen) atoms. The Hall–Kier alpha value is -3.81. The Morgan fingerprint density at radius 1 is 1.00 bits per heavy atom. The Balaban J connectivity index is 1.50. The zero-order valence-electron chi connectivity index (χ0n) is 15.2. The normalized spacial score (nSPS) is 11.9. The van der Waals surface area contributed by atoms with E-state index < -0.39 is 11.8 Å². The molecular formula is C20H17N3O5. The van der Waals surface area contributed by atoms with Gasteiger partial charge in [0.2, 0.25) is 6.79 Å². The molecule has 0 saturated heterocycles. The van der Waals surface area contributed by atoms with Gasteiger partial charge in [0.1, 0.15) is 5.75 Å². The van der Waals surface area contributed by atoms with Crippen LogP contribution in [0, 0.1) is 6.92 Å². The van der Waals surface area contributed by atoms with Gasteiger partial charge in [0, 0.05) is 10.9 Å². The predicted octanol–water partition coefficient (Wildman–Crippen LogP) is 2.36. The van der Waals surface area contributed by atoms with Crippen molar-refractivity contribution < 1.29 is 23.8 Å². The molecule has 0 atom stereocenters. The van der Waals surface area contributed by atoms with Crippen LogP contribution in [0.4, 0.5) is 0 Å². The highest BCUT2D eigenvalue weighted by atomic mass is 16.7. The first-order chi connectivity index (χ1) is 13.5. The van der Waals surface area contributed by atoms with Crippen molar-refractivity contribution in [2.45, 2.75) is 6.92 Å². The number of amides is 2. The number of pyridine rings is 1. The SMILES string of the molecule is COc1ccc2nc(C)c(C(=O)NNC(=O)c3ccc4c(c3)OCO4)cc2c1. The van der Waals surface area contributed by atoms with E-state index in [1.54, 1.807) is 50.4 Å². The molecule has 0 radical (unpaired) electrons. The molecule has 2 amide bonds. The molecule has 0 fully saturated rings. The maximum atomic E-state index is 12.5. The molecular weight excluding hydrogens is 362 g/mol. The van der Waals surface area contributed by atoms with Crippen LogP contribution < -0.4 is 25.1 Å². The van der Waals surface area contributed by atoms with E-state index in [0.29, 0.717) is 34.1 Å². The van der Waals surface area contributed by atoms with Crippen molar-refractivity contribution in [1.29, 1.82) is 0 Å². The van der Waals surface area contributed by atoms with Crippen LogP contribution in [0.3, 0.4) is 0 Å². The second-order valence-corrected chi connectivity index (χ2v) is 6.16. The molecule has 0 saturated carbocycles. The van der Waals surface area contributed by atoms with E-state index in [1.807, 2.05) is 6.07 Å². The highest BCUT2D eigenvalue weighted by molar-refractivity contribution is 6.01. The van der Waals surface area contributed by atoms with Gasteiger partial charge in [-0.3, -0.25) is 25.4 Å². The van der Waals surface area contributed by atoms with Crippen molar-refractivity contribution in [2.75, 3.05) is 13.9 Å². The Morgan fingerprint density at radius 3 is 2.61 bits per heavy atom. The number of methoxy groups -OCH3 is 1. The summed E-state index contributed by atoms with van der Waals surface area (Å²) in [6, 6.07) is 11.9. The average Bonchev–Trinajstić information content (AvgIpc) is 3.18. The maximum absolute atomic E-state index is 12.5. The first kappa shape index (κ1) is 17.6. The summed E-state index contributed by atoms with van der Waals surface area (Å²) in [5.74, 6) is 0.792. The maximum Gasteiger partial charge on any atom is 0.271 e. The van der Waals surface area contributed by atoms with Gasteiger partial charge in [0.25, 0.3) is 11.8 Å². The largest absolute Gasteiger partial charge is 0.497 e. The number of carbonyl (C=O) groups excluding carboxylic acids is 2. The van der Waals surface area contributed by atoms with Gasteiger partial charge in [-0.15, -0.1) is 0 Å². The molecule has 1 aliphatic rings. The standard InChI is InChI=1S/C20H17N3O5/c1-11-15(8-13-7-14(26-2)4-5-16(13)21-11)20(25)23-22-19(24)12-3-6-17-18(9-12)28-10-27-17/h3-9H,10H2,1-2H3,(H,22,24)(H,23,25). The van der Waals surface area contributed by atoms with Gasteiger partial charge >= 0.3 is 0 Å². The summed E-state index contributed by atoms with van der Waals surface area (Å²) in [7, 11) is 1.57.